The standard InChI is InChI=1S/C22H24N4O3.ClH/c27-22(28-15-16-9-3-1-4-10-16)24-19(17-11-5-2-6-12-17)21-25-20(26-29-21)18-13-7-8-14-23-18;/h1-6,9-12,18-19,23H,7-8,13-15H2,(H,24,27);1H/t18-,19+;/m0./s1. The average molecular weight is 429 g/mol. The first-order valence-electron chi connectivity index (χ1n) is 9.88. The zero-order valence-electron chi connectivity index (χ0n) is 16.5. The lowest BCUT2D eigenvalue weighted by molar-refractivity contribution is 0.135. The number of alkyl carbamates (subject to hydrolysis) is 1. The molecule has 3 aromatic rings. The molecular formula is C22H25ClN4O3. The largest absolute Gasteiger partial charge is 0.445 e. The minimum absolute atomic E-state index is 0. The van der Waals surface area contributed by atoms with Crippen LogP contribution < -0.4 is 10.6 Å². The topological polar surface area (TPSA) is 89.3 Å². The van der Waals surface area contributed by atoms with Crippen LogP contribution in [-0.2, 0) is 11.3 Å². The van der Waals surface area contributed by atoms with Crippen molar-refractivity contribution in [2.45, 2.75) is 38.0 Å². The summed E-state index contributed by atoms with van der Waals surface area (Å²) in [6.07, 6.45) is 2.72. The molecule has 0 unspecified atom stereocenters. The van der Waals surface area contributed by atoms with Gasteiger partial charge in [-0.15, -0.1) is 12.4 Å². The summed E-state index contributed by atoms with van der Waals surface area (Å²) in [5, 5.41) is 10.4. The number of halogens is 1. The molecule has 2 atom stereocenters. The quantitative estimate of drug-likeness (QED) is 0.607. The van der Waals surface area contributed by atoms with Gasteiger partial charge < -0.3 is 19.9 Å². The smallest absolute Gasteiger partial charge is 0.408 e. The van der Waals surface area contributed by atoms with Gasteiger partial charge in [-0.05, 0) is 30.5 Å². The Morgan fingerprint density at radius 2 is 1.87 bits per heavy atom. The Hall–Kier alpha value is -2.90. The van der Waals surface area contributed by atoms with Crippen LogP contribution in [0.4, 0.5) is 4.79 Å². The van der Waals surface area contributed by atoms with Crippen LogP contribution in [0, 0.1) is 0 Å². The van der Waals surface area contributed by atoms with E-state index in [4.69, 9.17) is 9.26 Å². The number of hydrogen-bond acceptors (Lipinski definition) is 6. The fourth-order valence-electron chi connectivity index (χ4n) is 3.39. The molecule has 1 aliphatic heterocycles. The van der Waals surface area contributed by atoms with Crippen LogP contribution in [0.2, 0.25) is 0 Å². The summed E-state index contributed by atoms with van der Waals surface area (Å²) in [6.45, 7) is 1.13. The van der Waals surface area contributed by atoms with E-state index in [0.717, 1.165) is 36.9 Å². The van der Waals surface area contributed by atoms with Crippen molar-refractivity contribution in [1.29, 1.82) is 0 Å². The van der Waals surface area contributed by atoms with Gasteiger partial charge >= 0.3 is 6.09 Å². The first-order chi connectivity index (χ1) is 14.3. The molecule has 0 radical (unpaired) electrons. The van der Waals surface area contributed by atoms with E-state index in [-0.39, 0.29) is 25.1 Å². The third kappa shape index (κ3) is 5.58. The molecule has 0 spiro atoms. The number of nitrogens with one attached hydrogen (secondary N) is 2. The highest BCUT2D eigenvalue weighted by Crippen LogP contribution is 2.25. The molecule has 4 rings (SSSR count). The molecule has 8 heteroatoms. The second-order valence-electron chi connectivity index (χ2n) is 7.04. The van der Waals surface area contributed by atoms with E-state index in [1.165, 1.54) is 0 Å². The van der Waals surface area contributed by atoms with Gasteiger partial charge in [0.1, 0.15) is 12.6 Å². The number of benzene rings is 2. The molecule has 2 N–H and O–H groups in total. The van der Waals surface area contributed by atoms with Gasteiger partial charge in [0.25, 0.3) is 5.89 Å². The lowest BCUT2D eigenvalue weighted by Gasteiger charge is -2.20. The van der Waals surface area contributed by atoms with Crippen LogP contribution in [0.15, 0.2) is 65.2 Å². The summed E-state index contributed by atoms with van der Waals surface area (Å²) < 4.78 is 10.9. The number of amides is 1. The van der Waals surface area contributed by atoms with Gasteiger partial charge in [-0.25, -0.2) is 4.79 Å². The maximum atomic E-state index is 12.4. The number of ether oxygens (including phenoxy) is 1. The van der Waals surface area contributed by atoms with Crippen LogP contribution in [0.5, 0.6) is 0 Å². The van der Waals surface area contributed by atoms with E-state index in [0.29, 0.717) is 11.7 Å². The summed E-state index contributed by atoms with van der Waals surface area (Å²) in [4.78, 5) is 17.0. The van der Waals surface area contributed by atoms with E-state index in [1.807, 2.05) is 60.7 Å². The van der Waals surface area contributed by atoms with Crippen molar-refractivity contribution in [2.24, 2.45) is 0 Å². The molecule has 158 valence electrons. The average Bonchev–Trinajstić information content (AvgIpc) is 3.28. The number of carbonyl (C=O) groups is 1. The third-order valence-corrected chi connectivity index (χ3v) is 4.93. The third-order valence-electron chi connectivity index (χ3n) is 4.93. The summed E-state index contributed by atoms with van der Waals surface area (Å²) in [7, 11) is 0. The van der Waals surface area contributed by atoms with Crippen molar-refractivity contribution in [1.82, 2.24) is 20.8 Å². The number of aromatic nitrogens is 2. The molecule has 7 nitrogen and oxygen atoms in total. The van der Waals surface area contributed by atoms with Gasteiger partial charge in [0.05, 0.1) is 6.04 Å². The van der Waals surface area contributed by atoms with Crippen molar-refractivity contribution in [3.8, 4) is 0 Å². The van der Waals surface area contributed by atoms with E-state index < -0.39 is 12.1 Å². The predicted octanol–water partition coefficient (Wildman–Crippen LogP) is 4.32. The molecule has 1 aromatic heterocycles. The lowest BCUT2D eigenvalue weighted by atomic mass is 10.0. The van der Waals surface area contributed by atoms with Gasteiger partial charge in [0, 0.05) is 0 Å². The van der Waals surface area contributed by atoms with Gasteiger partial charge in [-0.1, -0.05) is 72.2 Å². The van der Waals surface area contributed by atoms with E-state index >= 15 is 0 Å². The molecule has 1 fully saturated rings. The number of nitrogens with zero attached hydrogens (tertiary/aromatic N) is 2. The number of piperidine rings is 1. The zero-order valence-corrected chi connectivity index (χ0v) is 17.3. The maximum Gasteiger partial charge on any atom is 0.408 e. The SMILES string of the molecule is Cl.O=C(N[C@H](c1ccccc1)c1nc([C@@H]2CCCCN2)no1)OCc1ccccc1. The summed E-state index contributed by atoms with van der Waals surface area (Å²) in [6, 6.07) is 18.6. The van der Waals surface area contributed by atoms with Crippen molar-refractivity contribution in [3.05, 3.63) is 83.5 Å². The van der Waals surface area contributed by atoms with Crippen LogP contribution in [0.25, 0.3) is 0 Å². The second-order valence-corrected chi connectivity index (χ2v) is 7.04. The molecule has 1 amide bonds. The normalized spacial score (nSPS) is 16.9. The first kappa shape index (κ1) is 21.8. The molecule has 30 heavy (non-hydrogen) atoms. The highest BCUT2D eigenvalue weighted by atomic mass is 35.5. The highest BCUT2D eigenvalue weighted by molar-refractivity contribution is 5.85. The van der Waals surface area contributed by atoms with Gasteiger partial charge in [-0.3, -0.25) is 0 Å². The van der Waals surface area contributed by atoms with Crippen LogP contribution in [0.1, 0.15) is 54.2 Å². The monoisotopic (exact) mass is 428 g/mol. The second kappa shape index (κ2) is 10.8. The fraction of sp³-hybridized carbons (Fsp3) is 0.318. The molecule has 2 heterocycles. The van der Waals surface area contributed by atoms with E-state index in [1.54, 1.807) is 0 Å². The van der Waals surface area contributed by atoms with Gasteiger partial charge in [0.15, 0.2) is 5.82 Å². The van der Waals surface area contributed by atoms with Gasteiger partial charge in [-0.2, -0.15) is 4.98 Å². The Morgan fingerprint density at radius 3 is 2.57 bits per heavy atom. The Kier molecular flexibility index (Phi) is 7.82. The Bertz CT molecular complexity index is 914. The number of hydrogen-bond donors (Lipinski definition) is 2. The number of carbonyl (C=O) groups excluding carboxylic acids is 1. The summed E-state index contributed by atoms with van der Waals surface area (Å²) in [5.74, 6) is 0.968. The van der Waals surface area contributed by atoms with Crippen molar-refractivity contribution in [2.75, 3.05) is 6.54 Å². The minimum Gasteiger partial charge on any atom is -0.445 e. The van der Waals surface area contributed by atoms with Crippen molar-refractivity contribution in [3.63, 3.8) is 0 Å². The van der Waals surface area contributed by atoms with Crippen LogP contribution >= 0.6 is 12.4 Å². The molecule has 1 saturated heterocycles. The van der Waals surface area contributed by atoms with Crippen molar-refractivity contribution < 1.29 is 14.1 Å². The van der Waals surface area contributed by atoms with E-state index in [9.17, 15) is 4.79 Å². The molecule has 0 saturated carbocycles. The Morgan fingerprint density at radius 1 is 1.13 bits per heavy atom. The van der Waals surface area contributed by atoms with Crippen LogP contribution in [0.3, 0.4) is 0 Å². The van der Waals surface area contributed by atoms with Gasteiger partial charge in [0.2, 0.25) is 0 Å². The predicted molar refractivity (Wildman–Crippen MR) is 114 cm³/mol. The molecule has 2 aromatic carbocycles. The Balaban J connectivity index is 0.00000256. The minimum atomic E-state index is -0.579. The molecule has 1 aliphatic rings. The maximum absolute atomic E-state index is 12.4. The summed E-state index contributed by atoms with van der Waals surface area (Å²) >= 11 is 0. The lowest BCUT2D eigenvalue weighted by Crippen LogP contribution is -2.30. The fourth-order valence-corrected chi connectivity index (χ4v) is 3.39. The molecule has 0 bridgehead atoms. The highest BCUT2D eigenvalue weighted by Gasteiger charge is 2.27. The Labute approximate surface area is 181 Å². The van der Waals surface area contributed by atoms with Crippen molar-refractivity contribution >= 4 is 18.5 Å². The summed E-state index contributed by atoms with van der Waals surface area (Å²) in [5.41, 5.74) is 1.76. The molecular weight excluding hydrogens is 404 g/mol. The number of rotatable bonds is 6. The first-order valence-corrected chi connectivity index (χ1v) is 9.88. The van der Waals surface area contributed by atoms with Crippen LogP contribution in [-0.4, -0.2) is 22.8 Å². The van der Waals surface area contributed by atoms with E-state index in [2.05, 4.69) is 20.8 Å². The molecule has 0 aliphatic carbocycles. The zero-order chi connectivity index (χ0) is 19.9.